The Morgan fingerprint density at radius 2 is 1.30 bits per heavy atom. The van der Waals surface area contributed by atoms with E-state index < -0.39 is 46.9 Å². The standard InChI is InChI=1S/C21H33NO8/c1-3-4-5-8-14(16(20(27)28)11-18(23)24)15(10-13(2)7-6-9-22)17(21(29)30)12-19(25)26/h11-15H,3-10,22H2,1-2H3,(H,23,24)(H,25,26)(H,27,28)(H,29,30). The van der Waals surface area contributed by atoms with Crippen LogP contribution in [0.2, 0.25) is 0 Å². The van der Waals surface area contributed by atoms with Crippen molar-refractivity contribution in [2.75, 3.05) is 6.54 Å². The number of unbranched alkanes of at least 4 members (excludes halogenated alkanes) is 2. The number of nitrogens with two attached hydrogens (primary N) is 1. The fourth-order valence-electron chi connectivity index (χ4n) is 3.63. The summed E-state index contributed by atoms with van der Waals surface area (Å²) in [6.07, 6.45) is 5.05. The number of hydrogen-bond donors (Lipinski definition) is 5. The Labute approximate surface area is 176 Å². The Balaban J connectivity index is 6.44. The average Bonchev–Trinajstić information content (AvgIpc) is 2.64. The number of carboxylic acids is 4. The van der Waals surface area contributed by atoms with Gasteiger partial charge in [0.15, 0.2) is 0 Å². The highest BCUT2D eigenvalue weighted by Gasteiger charge is 2.35. The molecule has 0 spiro atoms. The molecule has 9 nitrogen and oxygen atoms in total. The van der Waals surface area contributed by atoms with Crippen LogP contribution in [0.4, 0.5) is 0 Å². The van der Waals surface area contributed by atoms with E-state index in [2.05, 4.69) is 0 Å². The largest absolute Gasteiger partial charge is 0.478 e. The van der Waals surface area contributed by atoms with Crippen molar-refractivity contribution >= 4 is 23.9 Å². The zero-order chi connectivity index (χ0) is 23.3. The van der Waals surface area contributed by atoms with Gasteiger partial charge in [-0.2, -0.15) is 0 Å². The highest BCUT2D eigenvalue weighted by molar-refractivity contribution is 5.97. The molecule has 0 aliphatic rings. The van der Waals surface area contributed by atoms with Crippen LogP contribution in [0.15, 0.2) is 23.3 Å². The smallest absolute Gasteiger partial charge is 0.332 e. The second kappa shape index (κ2) is 14.3. The molecule has 3 unspecified atom stereocenters. The van der Waals surface area contributed by atoms with E-state index in [1.54, 1.807) is 0 Å². The molecule has 3 atom stereocenters. The van der Waals surface area contributed by atoms with E-state index in [4.69, 9.17) is 15.9 Å². The van der Waals surface area contributed by atoms with Crippen LogP contribution in [0.3, 0.4) is 0 Å². The summed E-state index contributed by atoms with van der Waals surface area (Å²) in [5.74, 6) is -7.83. The fourth-order valence-corrected chi connectivity index (χ4v) is 3.63. The Morgan fingerprint density at radius 1 is 0.800 bits per heavy atom. The van der Waals surface area contributed by atoms with E-state index in [9.17, 15) is 29.4 Å². The molecule has 0 amide bonds. The Bertz CT molecular complexity index is 668. The molecule has 0 bridgehead atoms. The molecule has 0 aromatic rings. The predicted molar refractivity (Wildman–Crippen MR) is 110 cm³/mol. The lowest BCUT2D eigenvalue weighted by Crippen LogP contribution is -2.29. The van der Waals surface area contributed by atoms with Gasteiger partial charge in [0.25, 0.3) is 0 Å². The SMILES string of the molecule is CCCCCC(C(=CC(=O)O)C(=O)O)C(CC(C)CCCN)C(=CC(=O)O)C(=O)O. The number of hydrogen-bond acceptors (Lipinski definition) is 5. The summed E-state index contributed by atoms with van der Waals surface area (Å²) in [5.41, 5.74) is 4.68. The molecule has 0 aliphatic carbocycles. The minimum Gasteiger partial charge on any atom is -0.478 e. The molecular weight excluding hydrogens is 394 g/mol. The van der Waals surface area contributed by atoms with Crippen LogP contribution in [-0.4, -0.2) is 50.8 Å². The fraction of sp³-hybridized carbons (Fsp3) is 0.619. The van der Waals surface area contributed by atoms with Gasteiger partial charge in [0.2, 0.25) is 0 Å². The third-order valence-corrected chi connectivity index (χ3v) is 5.01. The molecular formula is C21H33NO8. The van der Waals surface area contributed by atoms with Crippen molar-refractivity contribution in [1.29, 1.82) is 0 Å². The highest BCUT2D eigenvalue weighted by Crippen LogP contribution is 2.37. The van der Waals surface area contributed by atoms with Gasteiger partial charge in [-0.15, -0.1) is 0 Å². The van der Waals surface area contributed by atoms with Gasteiger partial charge in [-0.3, -0.25) is 0 Å². The first-order valence-electron chi connectivity index (χ1n) is 10.1. The number of carboxylic acid groups (broad SMARTS) is 4. The van der Waals surface area contributed by atoms with Crippen LogP contribution in [0.25, 0.3) is 0 Å². The summed E-state index contributed by atoms with van der Waals surface area (Å²) in [4.78, 5) is 46.2. The maximum atomic E-state index is 11.9. The molecule has 0 saturated heterocycles. The van der Waals surface area contributed by atoms with Crippen molar-refractivity contribution in [3.63, 3.8) is 0 Å². The van der Waals surface area contributed by atoms with Crippen LogP contribution in [-0.2, 0) is 19.2 Å². The molecule has 0 aromatic carbocycles. The van der Waals surface area contributed by atoms with E-state index in [-0.39, 0.29) is 18.8 Å². The zero-order valence-electron chi connectivity index (χ0n) is 17.5. The third-order valence-electron chi connectivity index (χ3n) is 5.01. The average molecular weight is 427 g/mol. The molecule has 0 rings (SSSR count). The van der Waals surface area contributed by atoms with Gasteiger partial charge < -0.3 is 26.2 Å². The minimum atomic E-state index is -1.46. The van der Waals surface area contributed by atoms with E-state index >= 15 is 0 Å². The monoisotopic (exact) mass is 427 g/mol. The maximum absolute atomic E-state index is 11.9. The lowest BCUT2D eigenvalue weighted by Gasteiger charge is -2.30. The molecule has 170 valence electrons. The summed E-state index contributed by atoms with van der Waals surface area (Å²) < 4.78 is 0. The summed E-state index contributed by atoms with van der Waals surface area (Å²) >= 11 is 0. The van der Waals surface area contributed by atoms with Crippen molar-refractivity contribution in [2.45, 2.75) is 58.8 Å². The highest BCUT2D eigenvalue weighted by atomic mass is 16.4. The second-order valence-corrected chi connectivity index (χ2v) is 7.47. The van der Waals surface area contributed by atoms with Gasteiger partial charge in [0, 0.05) is 23.3 Å². The topological polar surface area (TPSA) is 175 Å². The van der Waals surface area contributed by atoms with E-state index in [0.29, 0.717) is 38.0 Å². The van der Waals surface area contributed by atoms with Gasteiger partial charge in [0.1, 0.15) is 0 Å². The predicted octanol–water partition coefficient (Wildman–Crippen LogP) is 2.76. The first-order valence-corrected chi connectivity index (χ1v) is 10.1. The molecule has 9 heteroatoms. The second-order valence-electron chi connectivity index (χ2n) is 7.47. The molecule has 30 heavy (non-hydrogen) atoms. The van der Waals surface area contributed by atoms with Gasteiger partial charge in [-0.25, -0.2) is 19.2 Å². The van der Waals surface area contributed by atoms with Gasteiger partial charge in [-0.05, 0) is 50.0 Å². The Morgan fingerprint density at radius 3 is 1.70 bits per heavy atom. The van der Waals surface area contributed by atoms with Crippen LogP contribution in [0, 0.1) is 17.8 Å². The number of carbonyl (C=O) groups is 4. The first-order chi connectivity index (χ1) is 14.0. The van der Waals surface area contributed by atoms with Crippen LogP contribution in [0.5, 0.6) is 0 Å². The van der Waals surface area contributed by atoms with Crippen molar-refractivity contribution in [2.24, 2.45) is 23.5 Å². The summed E-state index contributed by atoms with van der Waals surface area (Å²) in [6, 6.07) is 0. The summed E-state index contributed by atoms with van der Waals surface area (Å²) in [7, 11) is 0. The van der Waals surface area contributed by atoms with E-state index in [0.717, 1.165) is 12.8 Å². The number of rotatable bonds is 16. The van der Waals surface area contributed by atoms with Gasteiger partial charge in [-0.1, -0.05) is 33.1 Å². The van der Waals surface area contributed by atoms with E-state index in [1.165, 1.54) is 0 Å². The summed E-state index contributed by atoms with van der Waals surface area (Å²) in [6.45, 7) is 4.23. The molecule has 0 fully saturated rings. The van der Waals surface area contributed by atoms with Crippen molar-refractivity contribution in [3.8, 4) is 0 Å². The molecule has 0 heterocycles. The van der Waals surface area contributed by atoms with Crippen LogP contribution < -0.4 is 5.73 Å². The quantitative estimate of drug-likeness (QED) is 0.183. The zero-order valence-corrected chi connectivity index (χ0v) is 17.5. The van der Waals surface area contributed by atoms with Gasteiger partial charge in [0.05, 0.1) is 0 Å². The van der Waals surface area contributed by atoms with Gasteiger partial charge >= 0.3 is 23.9 Å². The molecule has 0 aliphatic heterocycles. The lowest BCUT2D eigenvalue weighted by atomic mass is 9.73. The Kier molecular flexibility index (Phi) is 13.0. The molecule has 0 radical (unpaired) electrons. The lowest BCUT2D eigenvalue weighted by molar-refractivity contribution is -0.137. The molecule has 0 saturated carbocycles. The van der Waals surface area contributed by atoms with Crippen molar-refractivity contribution in [3.05, 3.63) is 23.3 Å². The van der Waals surface area contributed by atoms with Crippen LogP contribution in [0.1, 0.15) is 58.8 Å². The van der Waals surface area contributed by atoms with Crippen LogP contribution >= 0.6 is 0 Å². The van der Waals surface area contributed by atoms with Crippen molar-refractivity contribution in [1.82, 2.24) is 0 Å². The third kappa shape index (κ3) is 10.2. The Hall–Kier alpha value is -2.68. The minimum absolute atomic E-state index is 0.0661. The maximum Gasteiger partial charge on any atom is 0.332 e. The van der Waals surface area contributed by atoms with Crippen molar-refractivity contribution < 1.29 is 39.6 Å². The summed E-state index contributed by atoms with van der Waals surface area (Å²) in [5, 5.41) is 37.6. The normalized spacial score (nSPS) is 15.3. The van der Waals surface area contributed by atoms with E-state index in [1.807, 2.05) is 13.8 Å². The first kappa shape index (κ1) is 27.3. The molecule has 6 N–H and O–H groups in total. The molecule has 0 aromatic heterocycles. The number of aliphatic carboxylic acids is 4.